The van der Waals surface area contributed by atoms with E-state index in [0.29, 0.717) is 5.92 Å². The molecule has 0 atom stereocenters. The van der Waals surface area contributed by atoms with Crippen LogP contribution in [0, 0.1) is 11.8 Å². The molecule has 0 aliphatic heterocycles. The largest absolute Gasteiger partial charge is 0.359 e. The summed E-state index contributed by atoms with van der Waals surface area (Å²) in [6.07, 6.45) is 5.50. The highest BCUT2D eigenvalue weighted by Gasteiger charge is 2.18. The highest BCUT2D eigenvalue weighted by molar-refractivity contribution is 6.31. The van der Waals surface area contributed by atoms with Gasteiger partial charge in [-0.1, -0.05) is 38.3 Å². The van der Waals surface area contributed by atoms with Crippen molar-refractivity contribution in [3.63, 3.8) is 0 Å². The predicted octanol–water partition coefficient (Wildman–Crippen LogP) is 4.11. The topological polar surface area (TPSA) is 28.2 Å². The molecule has 0 saturated heterocycles. The third-order valence-electron chi connectivity index (χ3n) is 4.15. The number of rotatable bonds is 7. The molecule has 0 amide bonds. The second-order valence-corrected chi connectivity index (χ2v) is 7.06. The lowest BCUT2D eigenvalue weighted by Gasteiger charge is -2.23. The molecule has 21 heavy (non-hydrogen) atoms. The van der Waals surface area contributed by atoms with Crippen LogP contribution in [0.1, 0.15) is 45.2 Å². The molecule has 1 aliphatic carbocycles. The molecular weight excluding hydrogens is 282 g/mol. The number of hydrogen-bond donors (Lipinski definition) is 1. The molecule has 118 valence electrons. The first-order valence-corrected chi connectivity index (χ1v) is 8.51. The second-order valence-electron chi connectivity index (χ2n) is 6.65. The van der Waals surface area contributed by atoms with Crippen molar-refractivity contribution in [2.45, 2.75) is 46.1 Å². The maximum atomic E-state index is 6.27. The van der Waals surface area contributed by atoms with Crippen LogP contribution >= 0.6 is 11.6 Å². The Labute approximate surface area is 134 Å². The van der Waals surface area contributed by atoms with E-state index < -0.39 is 0 Å². The summed E-state index contributed by atoms with van der Waals surface area (Å²) in [6.45, 7) is 7.23. The minimum absolute atomic E-state index is 0.636. The van der Waals surface area contributed by atoms with Crippen molar-refractivity contribution in [2.75, 3.05) is 25.0 Å². The third-order valence-corrected chi connectivity index (χ3v) is 4.49. The lowest BCUT2D eigenvalue weighted by molar-refractivity contribution is 0.540. The van der Waals surface area contributed by atoms with Gasteiger partial charge in [0.05, 0.1) is 10.7 Å². The zero-order chi connectivity index (χ0) is 15.2. The van der Waals surface area contributed by atoms with Crippen LogP contribution in [0.4, 0.5) is 5.82 Å². The molecular formula is C17H28ClN3. The van der Waals surface area contributed by atoms with Crippen molar-refractivity contribution in [2.24, 2.45) is 11.8 Å². The van der Waals surface area contributed by atoms with Crippen molar-refractivity contribution < 1.29 is 0 Å². The monoisotopic (exact) mass is 309 g/mol. The maximum Gasteiger partial charge on any atom is 0.128 e. The van der Waals surface area contributed by atoms with Crippen LogP contribution < -0.4 is 10.2 Å². The molecule has 0 aromatic carbocycles. The van der Waals surface area contributed by atoms with E-state index in [1.807, 2.05) is 12.1 Å². The van der Waals surface area contributed by atoms with Gasteiger partial charge in [-0.3, -0.25) is 0 Å². The number of pyridine rings is 1. The number of aromatic nitrogens is 1. The smallest absolute Gasteiger partial charge is 0.128 e. The first-order chi connectivity index (χ1) is 10.1. The van der Waals surface area contributed by atoms with Gasteiger partial charge in [0.15, 0.2) is 0 Å². The molecule has 1 aromatic rings. The Balaban J connectivity index is 1.95. The van der Waals surface area contributed by atoms with Crippen molar-refractivity contribution in [1.82, 2.24) is 10.3 Å². The van der Waals surface area contributed by atoms with E-state index in [2.05, 4.69) is 31.1 Å². The molecule has 1 N–H and O–H groups in total. The zero-order valence-corrected chi connectivity index (χ0v) is 14.3. The fourth-order valence-electron chi connectivity index (χ4n) is 2.96. The van der Waals surface area contributed by atoms with Crippen LogP contribution in [0.3, 0.4) is 0 Å². The Morgan fingerprint density at radius 3 is 2.71 bits per heavy atom. The quantitative estimate of drug-likeness (QED) is 0.821. The number of nitrogens with one attached hydrogen (secondary N) is 1. The van der Waals surface area contributed by atoms with Gasteiger partial charge in [-0.05, 0) is 43.4 Å². The highest BCUT2D eigenvalue weighted by atomic mass is 35.5. The molecule has 1 saturated carbocycles. The van der Waals surface area contributed by atoms with Crippen molar-refractivity contribution in [1.29, 1.82) is 0 Å². The molecule has 1 heterocycles. The van der Waals surface area contributed by atoms with Gasteiger partial charge in [-0.25, -0.2) is 4.98 Å². The minimum atomic E-state index is 0.636. The van der Waals surface area contributed by atoms with Gasteiger partial charge in [0, 0.05) is 20.1 Å². The molecule has 1 aromatic heterocycles. The van der Waals surface area contributed by atoms with Crippen molar-refractivity contribution >= 4 is 17.4 Å². The standard InChI is InChI=1S/C17H28ClN3/c1-13(2)10-19-11-16-15(18)8-9-17(20-16)21(3)12-14-6-4-5-7-14/h8-9,13-14,19H,4-7,10-12H2,1-3H3. The molecule has 0 unspecified atom stereocenters. The summed E-state index contributed by atoms with van der Waals surface area (Å²) < 4.78 is 0. The highest BCUT2D eigenvalue weighted by Crippen LogP contribution is 2.27. The number of nitrogens with zero attached hydrogens (tertiary/aromatic N) is 2. The van der Waals surface area contributed by atoms with Crippen LogP contribution in [-0.4, -0.2) is 25.1 Å². The first kappa shape index (κ1) is 16.6. The van der Waals surface area contributed by atoms with Crippen molar-refractivity contribution in [3.8, 4) is 0 Å². The number of hydrogen-bond acceptors (Lipinski definition) is 3. The van der Waals surface area contributed by atoms with Crippen LogP contribution in [0.15, 0.2) is 12.1 Å². The molecule has 1 fully saturated rings. The molecule has 0 spiro atoms. The van der Waals surface area contributed by atoms with Gasteiger partial charge in [0.2, 0.25) is 0 Å². The summed E-state index contributed by atoms with van der Waals surface area (Å²) in [5.74, 6) is 2.50. The molecule has 2 rings (SSSR count). The van der Waals surface area contributed by atoms with E-state index in [1.165, 1.54) is 25.7 Å². The predicted molar refractivity (Wildman–Crippen MR) is 91.0 cm³/mol. The van der Waals surface area contributed by atoms with Gasteiger partial charge in [-0.15, -0.1) is 0 Å². The minimum Gasteiger partial charge on any atom is -0.359 e. The average Bonchev–Trinajstić information content (AvgIpc) is 2.93. The van der Waals surface area contributed by atoms with Gasteiger partial charge in [0.25, 0.3) is 0 Å². The summed E-state index contributed by atoms with van der Waals surface area (Å²) in [6, 6.07) is 4.00. The Bertz CT molecular complexity index is 442. The van der Waals surface area contributed by atoms with Gasteiger partial charge in [-0.2, -0.15) is 0 Å². The number of halogens is 1. The van der Waals surface area contributed by atoms with Crippen LogP contribution in [0.25, 0.3) is 0 Å². The molecule has 4 heteroatoms. The van der Waals surface area contributed by atoms with Crippen LogP contribution in [0.2, 0.25) is 5.02 Å². The summed E-state index contributed by atoms with van der Waals surface area (Å²) in [4.78, 5) is 7.02. The van der Waals surface area contributed by atoms with E-state index in [-0.39, 0.29) is 0 Å². The average molecular weight is 310 g/mol. The van der Waals surface area contributed by atoms with Crippen LogP contribution in [-0.2, 0) is 6.54 Å². The Hall–Kier alpha value is -0.800. The van der Waals surface area contributed by atoms with E-state index in [4.69, 9.17) is 16.6 Å². The molecule has 0 bridgehead atoms. The van der Waals surface area contributed by atoms with E-state index >= 15 is 0 Å². The van der Waals surface area contributed by atoms with Gasteiger partial charge < -0.3 is 10.2 Å². The molecule has 0 radical (unpaired) electrons. The number of anilines is 1. The summed E-state index contributed by atoms with van der Waals surface area (Å²) in [5, 5.41) is 4.17. The lowest BCUT2D eigenvalue weighted by Crippen LogP contribution is -2.26. The first-order valence-electron chi connectivity index (χ1n) is 8.13. The van der Waals surface area contributed by atoms with Gasteiger partial charge in [0.1, 0.15) is 5.82 Å². The fourth-order valence-corrected chi connectivity index (χ4v) is 3.13. The summed E-state index contributed by atoms with van der Waals surface area (Å²) >= 11 is 6.27. The van der Waals surface area contributed by atoms with Crippen LogP contribution in [0.5, 0.6) is 0 Å². The second kappa shape index (κ2) is 8.00. The zero-order valence-electron chi connectivity index (χ0n) is 13.5. The van der Waals surface area contributed by atoms with E-state index in [1.54, 1.807) is 0 Å². The molecule has 3 nitrogen and oxygen atoms in total. The summed E-state index contributed by atoms with van der Waals surface area (Å²) in [5.41, 5.74) is 0.952. The lowest BCUT2D eigenvalue weighted by atomic mass is 10.1. The maximum absolute atomic E-state index is 6.27. The van der Waals surface area contributed by atoms with Crippen molar-refractivity contribution in [3.05, 3.63) is 22.8 Å². The Morgan fingerprint density at radius 1 is 1.33 bits per heavy atom. The summed E-state index contributed by atoms with van der Waals surface area (Å²) in [7, 11) is 2.14. The van der Waals surface area contributed by atoms with Gasteiger partial charge >= 0.3 is 0 Å². The normalized spacial score (nSPS) is 15.9. The molecule has 1 aliphatic rings. The SMILES string of the molecule is CC(C)CNCc1nc(N(C)CC2CCCC2)ccc1Cl. The van der Waals surface area contributed by atoms with E-state index in [9.17, 15) is 0 Å². The van der Waals surface area contributed by atoms with E-state index in [0.717, 1.165) is 42.1 Å². The fraction of sp³-hybridized carbons (Fsp3) is 0.706. The third kappa shape index (κ3) is 5.15. The Morgan fingerprint density at radius 2 is 2.05 bits per heavy atom. The Kier molecular flexibility index (Phi) is 6.31.